The molecule has 3 nitrogen and oxygen atoms in total. The first-order valence-electron chi connectivity index (χ1n) is 6.99. The Labute approximate surface area is 99.2 Å². The molecule has 0 spiro atoms. The molecule has 0 atom stereocenters. The van der Waals surface area contributed by atoms with E-state index in [9.17, 15) is 5.11 Å². The van der Waals surface area contributed by atoms with Gasteiger partial charge in [0.05, 0.1) is 6.61 Å². The highest BCUT2D eigenvalue weighted by Gasteiger charge is 2.27. The highest BCUT2D eigenvalue weighted by Crippen LogP contribution is 2.26. The van der Waals surface area contributed by atoms with Crippen molar-refractivity contribution < 1.29 is 5.11 Å². The number of hydrogen-bond acceptors (Lipinski definition) is 3. The van der Waals surface area contributed by atoms with E-state index in [1.54, 1.807) is 0 Å². The summed E-state index contributed by atoms with van der Waals surface area (Å²) in [7, 11) is 0. The van der Waals surface area contributed by atoms with Crippen LogP contribution >= 0.6 is 0 Å². The van der Waals surface area contributed by atoms with Crippen molar-refractivity contribution in [1.29, 1.82) is 0 Å². The maximum absolute atomic E-state index is 9.24. The topological polar surface area (TPSA) is 35.5 Å². The third-order valence-electron chi connectivity index (χ3n) is 4.18. The van der Waals surface area contributed by atoms with Crippen LogP contribution in [-0.2, 0) is 0 Å². The molecule has 0 unspecified atom stereocenters. The molecule has 0 radical (unpaired) electrons. The summed E-state index contributed by atoms with van der Waals surface area (Å²) < 4.78 is 0. The van der Waals surface area contributed by atoms with E-state index in [2.05, 4.69) is 10.2 Å². The predicted molar refractivity (Wildman–Crippen MR) is 66.6 cm³/mol. The molecule has 1 saturated carbocycles. The van der Waals surface area contributed by atoms with Crippen molar-refractivity contribution in [1.82, 2.24) is 10.2 Å². The van der Waals surface area contributed by atoms with Gasteiger partial charge in [-0.25, -0.2) is 0 Å². The van der Waals surface area contributed by atoms with Crippen LogP contribution in [0.4, 0.5) is 0 Å². The van der Waals surface area contributed by atoms with Gasteiger partial charge < -0.3 is 10.4 Å². The van der Waals surface area contributed by atoms with Gasteiger partial charge in [0.1, 0.15) is 0 Å². The Hall–Kier alpha value is -0.120. The van der Waals surface area contributed by atoms with Crippen LogP contribution in [0.1, 0.15) is 44.9 Å². The van der Waals surface area contributed by atoms with Crippen molar-refractivity contribution in [3.63, 3.8) is 0 Å². The summed E-state index contributed by atoms with van der Waals surface area (Å²) in [5, 5.41) is 12.7. The molecule has 16 heavy (non-hydrogen) atoms. The van der Waals surface area contributed by atoms with Crippen LogP contribution in [0.5, 0.6) is 0 Å². The van der Waals surface area contributed by atoms with E-state index in [-0.39, 0.29) is 0 Å². The van der Waals surface area contributed by atoms with Gasteiger partial charge in [-0.3, -0.25) is 4.90 Å². The Kier molecular flexibility index (Phi) is 5.07. The van der Waals surface area contributed by atoms with Gasteiger partial charge in [0.25, 0.3) is 0 Å². The first-order valence-corrected chi connectivity index (χ1v) is 6.99. The van der Waals surface area contributed by atoms with Crippen LogP contribution < -0.4 is 5.32 Å². The smallest absolute Gasteiger partial charge is 0.0558 e. The van der Waals surface area contributed by atoms with Crippen LogP contribution in [-0.4, -0.2) is 48.3 Å². The SMILES string of the molecule is OCCN(C1CCCCC1)C1CCNCC1. The van der Waals surface area contributed by atoms with Crippen molar-refractivity contribution >= 4 is 0 Å². The molecule has 1 heterocycles. The third kappa shape index (κ3) is 3.19. The number of aliphatic hydroxyl groups excluding tert-OH is 1. The number of hydrogen-bond donors (Lipinski definition) is 2. The number of nitrogens with zero attached hydrogens (tertiary/aromatic N) is 1. The molecule has 2 aliphatic rings. The fourth-order valence-electron chi connectivity index (χ4n) is 3.33. The lowest BCUT2D eigenvalue weighted by molar-refractivity contribution is 0.0653. The maximum atomic E-state index is 9.24. The average Bonchev–Trinajstić information content (AvgIpc) is 2.38. The van der Waals surface area contributed by atoms with Gasteiger partial charge >= 0.3 is 0 Å². The lowest BCUT2D eigenvalue weighted by Crippen LogP contribution is -2.49. The van der Waals surface area contributed by atoms with Crippen LogP contribution in [0.3, 0.4) is 0 Å². The van der Waals surface area contributed by atoms with Gasteiger partial charge in [-0.1, -0.05) is 19.3 Å². The second-order valence-electron chi connectivity index (χ2n) is 5.23. The van der Waals surface area contributed by atoms with Crippen LogP contribution in [0, 0.1) is 0 Å². The second kappa shape index (κ2) is 6.58. The molecule has 3 heteroatoms. The fraction of sp³-hybridized carbons (Fsp3) is 1.00. The quantitative estimate of drug-likeness (QED) is 0.760. The summed E-state index contributed by atoms with van der Waals surface area (Å²) in [5.41, 5.74) is 0. The van der Waals surface area contributed by atoms with E-state index in [0.717, 1.165) is 31.7 Å². The molecule has 0 aromatic heterocycles. The molecule has 0 aromatic rings. The van der Waals surface area contributed by atoms with E-state index in [1.807, 2.05) is 0 Å². The Morgan fingerprint density at radius 1 is 0.938 bits per heavy atom. The lowest BCUT2D eigenvalue weighted by Gasteiger charge is -2.41. The third-order valence-corrected chi connectivity index (χ3v) is 4.18. The molecule has 2 rings (SSSR count). The van der Waals surface area contributed by atoms with Crippen molar-refractivity contribution in [3.05, 3.63) is 0 Å². The molecular formula is C13H26N2O. The number of aliphatic hydroxyl groups is 1. The van der Waals surface area contributed by atoms with E-state index in [4.69, 9.17) is 0 Å². The zero-order valence-corrected chi connectivity index (χ0v) is 10.3. The first-order chi connectivity index (χ1) is 7.92. The monoisotopic (exact) mass is 226 g/mol. The van der Waals surface area contributed by atoms with Gasteiger partial charge in [0.2, 0.25) is 0 Å². The Balaban J connectivity index is 1.91. The lowest BCUT2D eigenvalue weighted by atomic mass is 9.91. The second-order valence-corrected chi connectivity index (χ2v) is 5.23. The van der Waals surface area contributed by atoms with E-state index in [1.165, 1.54) is 44.9 Å². The molecule has 0 bridgehead atoms. The number of rotatable bonds is 4. The largest absolute Gasteiger partial charge is 0.395 e. The van der Waals surface area contributed by atoms with Crippen molar-refractivity contribution in [2.24, 2.45) is 0 Å². The van der Waals surface area contributed by atoms with Crippen LogP contribution in [0.25, 0.3) is 0 Å². The zero-order chi connectivity index (χ0) is 11.2. The standard InChI is InChI=1S/C13H26N2O/c16-11-10-15(12-4-2-1-3-5-12)13-6-8-14-9-7-13/h12-14,16H,1-11H2. The van der Waals surface area contributed by atoms with Gasteiger partial charge in [-0.05, 0) is 38.8 Å². The van der Waals surface area contributed by atoms with Gasteiger partial charge in [-0.15, -0.1) is 0 Å². The zero-order valence-electron chi connectivity index (χ0n) is 10.3. The normalized spacial score (nSPS) is 25.1. The summed E-state index contributed by atoms with van der Waals surface area (Å²) in [6, 6.07) is 1.47. The molecule has 0 amide bonds. The Morgan fingerprint density at radius 3 is 2.19 bits per heavy atom. The minimum atomic E-state index is 0.320. The Bertz CT molecular complexity index is 168. The van der Waals surface area contributed by atoms with Gasteiger partial charge in [-0.2, -0.15) is 0 Å². The molecule has 0 aromatic carbocycles. The fourth-order valence-corrected chi connectivity index (χ4v) is 3.33. The average molecular weight is 226 g/mol. The molecule has 2 fully saturated rings. The van der Waals surface area contributed by atoms with Crippen LogP contribution in [0.2, 0.25) is 0 Å². The summed E-state index contributed by atoms with van der Waals surface area (Å²) in [6.07, 6.45) is 9.41. The van der Waals surface area contributed by atoms with E-state index >= 15 is 0 Å². The summed E-state index contributed by atoms with van der Waals surface area (Å²) in [6.45, 7) is 3.51. The highest BCUT2D eigenvalue weighted by molar-refractivity contribution is 4.84. The minimum absolute atomic E-state index is 0.320. The van der Waals surface area contributed by atoms with E-state index in [0.29, 0.717) is 6.61 Å². The van der Waals surface area contributed by atoms with Crippen LogP contribution in [0.15, 0.2) is 0 Å². The summed E-state index contributed by atoms with van der Waals surface area (Å²) >= 11 is 0. The molecule has 1 aliphatic carbocycles. The molecular weight excluding hydrogens is 200 g/mol. The van der Waals surface area contributed by atoms with Gasteiger partial charge in [0.15, 0.2) is 0 Å². The van der Waals surface area contributed by atoms with E-state index < -0.39 is 0 Å². The van der Waals surface area contributed by atoms with Crippen molar-refractivity contribution in [2.45, 2.75) is 57.0 Å². The molecule has 94 valence electrons. The minimum Gasteiger partial charge on any atom is -0.395 e. The first kappa shape index (κ1) is 12.3. The summed E-state index contributed by atoms with van der Waals surface area (Å²) in [4.78, 5) is 2.61. The Morgan fingerprint density at radius 2 is 1.56 bits per heavy atom. The maximum Gasteiger partial charge on any atom is 0.0558 e. The highest BCUT2D eigenvalue weighted by atomic mass is 16.3. The van der Waals surface area contributed by atoms with Crippen molar-refractivity contribution in [2.75, 3.05) is 26.2 Å². The predicted octanol–water partition coefficient (Wildman–Crippen LogP) is 1.37. The van der Waals surface area contributed by atoms with Gasteiger partial charge in [0, 0.05) is 18.6 Å². The molecule has 1 aliphatic heterocycles. The molecule has 2 N–H and O–H groups in total. The summed E-state index contributed by atoms with van der Waals surface area (Å²) in [5.74, 6) is 0. The molecule has 1 saturated heterocycles. The number of piperidine rings is 1. The van der Waals surface area contributed by atoms with Crippen molar-refractivity contribution in [3.8, 4) is 0 Å². The number of nitrogens with one attached hydrogen (secondary N) is 1.